The molecule has 0 radical (unpaired) electrons. The van der Waals surface area contributed by atoms with Crippen molar-refractivity contribution in [3.05, 3.63) is 110 Å². The third-order valence-corrected chi connectivity index (χ3v) is 9.73. The lowest BCUT2D eigenvalue weighted by atomic mass is 9.81. The fourth-order valence-corrected chi connectivity index (χ4v) is 6.73. The number of halogens is 4. The number of amides is 2. The summed E-state index contributed by atoms with van der Waals surface area (Å²) in [5.74, 6) is 0.276. The molecule has 0 unspecified atom stereocenters. The van der Waals surface area contributed by atoms with Gasteiger partial charge in [-0.3, -0.25) is 9.99 Å². The van der Waals surface area contributed by atoms with Crippen LogP contribution in [0.25, 0.3) is 5.69 Å². The van der Waals surface area contributed by atoms with E-state index in [9.17, 15) is 9.18 Å². The molecule has 1 aliphatic rings. The number of hydrazine groups is 1. The van der Waals surface area contributed by atoms with Crippen molar-refractivity contribution in [3.8, 4) is 5.69 Å². The van der Waals surface area contributed by atoms with Crippen LogP contribution in [-0.2, 0) is 17.6 Å². The number of nitrogens with one attached hydrogen (secondary N) is 2. The van der Waals surface area contributed by atoms with Gasteiger partial charge in [0.15, 0.2) is 5.16 Å². The molecule has 0 aliphatic carbocycles. The highest BCUT2D eigenvalue weighted by Crippen LogP contribution is 2.39. The van der Waals surface area contributed by atoms with Crippen LogP contribution < -0.4 is 10.7 Å². The number of carbonyl (C=O) groups excluding carboxylic acids is 1. The van der Waals surface area contributed by atoms with E-state index in [-0.39, 0.29) is 11.8 Å². The molecular weight excluding hydrogens is 628 g/mol. The summed E-state index contributed by atoms with van der Waals surface area (Å²) in [5, 5.41) is 7.23. The summed E-state index contributed by atoms with van der Waals surface area (Å²) in [4.78, 5) is 16.9. The highest BCUT2D eigenvalue weighted by atomic mass is 35.5. The van der Waals surface area contributed by atoms with Crippen molar-refractivity contribution in [1.82, 2.24) is 25.3 Å². The number of hydrogen-bond acceptors (Lipinski definition) is 4. The van der Waals surface area contributed by atoms with Crippen molar-refractivity contribution in [3.63, 3.8) is 0 Å². The Bertz CT molecular complexity index is 1590. The Kier molecular flexibility index (Phi) is 10.2. The number of hydrogen-bond donors (Lipinski definition) is 2. The van der Waals surface area contributed by atoms with E-state index in [2.05, 4.69) is 24.6 Å². The molecule has 1 aromatic heterocycles. The molecule has 226 valence electrons. The molecule has 2 amide bonds. The van der Waals surface area contributed by atoms with Gasteiger partial charge in [0.05, 0.1) is 21.9 Å². The van der Waals surface area contributed by atoms with Crippen molar-refractivity contribution in [2.45, 2.75) is 49.4 Å². The second-order valence-electron chi connectivity index (χ2n) is 11.0. The number of rotatable bonds is 10. The lowest BCUT2D eigenvalue weighted by Crippen LogP contribution is -2.46. The van der Waals surface area contributed by atoms with Crippen LogP contribution in [0.5, 0.6) is 0 Å². The van der Waals surface area contributed by atoms with E-state index < -0.39 is 5.41 Å². The van der Waals surface area contributed by atoms with E-state index in [1.165, 1.54) is 12.1 Å². The number of nitrogens with zero attached hydrogens (tertiary/aromatic N) is 3. The highest BCUT2D eigenvalue weighted by Gasteiger charge is 2.30. The summed E-state index contributed by atoms with van der Waals surface area (Å²) in [7, 11) is 0. The number of urea groups is 1. The summed E-state index contributed by atoms with van der Waals surface area (Å²) in [6, 6.07) is 17.8. The van der Waals surface area contributed by atoms with E-state index >= 15 is 0 Å². The molecule has 0 atom stereocenters. The van der Waals surface area contributed by atoms with Gasteiger partial charge in [0.25, 0.3) is 0 Å². The molecule has 0 spiro atoms. The topological polar surface area (TPSA) is 62.2 Å². The Hall–Kier alpha value is -2.75. The second-order valence-corrected chi connectivity index (χ2v) is 13.2. The Morgan fingerprint density at radius 1 is 0.977 bits per heavy atom. The van der Waals surface area contributed by atoms with Gasteiger partial charge in [-0.1, -0.05) is 78.6 Å². The molecular formula is C32H33Cl3FN5OS. The number of imidazole rings is 1. The van der Waals surface area contributed by atoms with Crippen molar-refractivity contribution in [2.24, 2.45) is 0 Å². The zero-order valence-electron chi connectivity index (χ0n) is 24.0. The molecule has 1 fully saturated rings. The lowest BCUT2D eigenvalue weighted by molar-refractivity contribution is 0.198. The van der Waals surface area contributed by atoms with Gasteiger partial charge in [-0.25, -0.2) is 19.2 Å². The number of carbonyl (C=O) groups is 1. The zero-order valence-corrected chi connectivity index (χ0v) is 27.1. The van der Waals surface area contributed by atoms with Crippen LogP contribution in [0.1, 0.15) is 49.1 Å². The van der Waals surface area contributed by atoms with Crippen LogP contribution in [0, 0.1) is 5.82 Å². The molecule has 5 rings (SSSR count). The predicted molar refractivity (Wildman–Crippen MR) is 174 cm³/mol. The van der Waals surface area contributed by atoms with E-state index in [4.69, 9.17) is 39.8 Å². The van der Waals surface area contributed by atoms with Crippen molar-refractivity contribution >= 4 is 52.6 Å². The predicted octanol–water partition coefficient (Wildman–Crippen LogP) is 8.44. The van der Waals surface area contributed by atoms with Gasteiger partial charge < -0.3 is 5.32 Å². The fraction of sp³-hybridized carbons (Fsp3) is 0.312. The van der Waals surface area contributed by atoms with Crippen LogP contribution in [0.4, 0.5) is 9.18 Å². The van der Waals surface area contributed by atoms with E-state index in [1.807, 2.05) is 46.1 Å². The van der Waals surface area contributed by atoms with Crippen LogP contribution in [0.2, 0.25) is 15.1 Å². The molecule has 4 aromatic rings. The molecule has 3 aromatic carbocycles. The molecule has 43 heavy (non-hydrogen) atoms. The first kappa shape index (κ1) is 31.7. The van der Waals surface area contributed by atoms with Crippen LogP contribution in [0.15, 0.2) is 72.0 Å². The number of thioether (sulfide) groups is 1. The maximum Gasteiger partial charge on any atom is 0.329 e. The van der Waals surface area contributed by atoms with Crippen LogP contribution in [-0.4, -0.2) is 40.2 Å². The van der Waals surface area contributed by atoms with Crippen molar-refractivity contribution < 1.29 is 9.18 Å². The van der Waals surface area contributed by atoms with E-state index in [1.54, 1.807) is 30.0 Å². The van der Waals surface area contributed by atoms with Gasteiger partial charge in [0.1, 0.15) is 5.82 Å². The molecule has 11 heteroatoms. The summed E-state index contributed by atoms with van der Waals surface area (Å²) in [5.41, 5.74) is 7.09. The van der Waals surface area contributed by atoms with Gasteiger partial charge in [-0.05, 0) is 78.4 Å². The first-order valence-corrected chi connectivity index (χ1v) is 16.2. The van der Waals surface area contributed by atoms with Crippen molar-refractivity contribution in [2.75, 3.05) is 19.6 Å². The monoisotopic (exact) mass is 659 g/mol. The number of aromatic nitrogens is 2. The average Bonchev–Trinajstić information content (AvgIpc) is 3.65. The molecule has 1 aliphatic heterocycles. The minimum atomic E-state index is -0.493. The quantitative estimate of drug-likeness (QED) is 0.168. The minimum absolute atomic E-state index is 0.181. The summed E-state index contributed by atoms with van der Waals surface area (Å²) in [6.45, 7) is 6.49. The Balaban J connectivity index is 1.30. The molecule has 1 saturated heterocycles. The van der Waals surface area contributed by atoms with Gasteiger partial charge in [-0.2, -0.15) is 0 Å². The van der Waals surface area contributed by atoms with E-state index in [0.29, 0.717) is 33.8 Å². The molecule has 0 saturated carbocycles. The zero-order chi connectivity index (χ0) is 30.6. The second kappa shape index (κ2) is 13.9. The van der Waals surface area contributed by atoms with Gasteiger partial charge in [-0.15, -0.1) is 0 Å². The molecule has 0 bridgehead atoms. The Morgan fingerprint density at radius 3 is 2.42 bits per heavy atom. The van der Waals surface area contributed by atoms with Gasteiger partial charge in [0.2, 0.25) is 0 Å². The van der Waals surface area contributed by atoms with E-state index in [0.717, 1.165) is 59.2 Å². The average molecular weight is 661 g/mol. The summed E-state index contributed by atoms with van der Waals surface area (Å²) >= 11 is 20.8. The standard InChI is InChI=1S/C32H33Cl3FN5OS/c1-32(2,23-7-12-26(33)28(35)18-23)29-19-38-31(41(29)25-10-8-24(36)9-11-25)43-20-22-6-5-21(17-27(22)34)13-14-37-30(42)39-40-15-3-4-16-40/h5-12,17-19H,3-4,13-16,20H2,1-2H3,(H2,37,39,42). The third kappa shape index (κ3) is 7.67. The largest absolute Gasteiger partial charge is 0.337 e. The molecule has 2 N–H and O–H groups in total. The number of benzene rings is 3. The fourth-order valence-electron chi connectivity index (χ4n) is 5.09. The van der Waals surface area contributed by atoms with Crippen LogP contribution >= 0.6 is 46.6 Å². The third-order valence-electron chi connectivity index (χ3n) is 7.64. The first-order chi connectivity index (χ1) is 20.6. The normalized spacial score (nSPS) is 13.8. The SMILES string of the molecule is CC(C)(c1ccc(Cl)c(Cl)c1)c1cnc(SCc2ccc(CCNC(=O)NN3CCCC3)cc2Cl)n1-c1ccc(F)cc1. The van der Waals surface area contributed by atoms with Gasteiger partial charge >= 0.3 is 6.03 Å². The Labute approximate surface area is 270 Å². The minimum Gasteiger partial charge on any atom is -0.337 e. The molecule has 6 nitrogen and oxygen atoms in total. The van der Waals surface area contributed by atoms with Gasteiger partial charge in [0, 0.05) is 41.5 Å². The highest BCUT2D eigenvalue weighted by molar-refractivity contribution is 7.98. The first-order valence-electron chi connectivity index (χ1n) is 14.1. The smallest absolute Gasteiger partial charge is 0.329 e. The lowest BCUT2D eigenvalue weighted by Gasteiger charge is -2.28. The van der Waals surface area contributed by atoms with Crippen molar-refractivity contribution in [1.29, 1.82) is 0 Å². The maximum atomic E-state index is 13.9. The maximum absolute atomic E-state index is 13.9. The van der Waals surface area contributed by atoms with Crippen LogP contribution in [0.3, 0.4) is 0 Å². The summed E-state index contributed by atoms with van der Waals surface area (Å²) < 4.78 is 15.9. The molecule has 2 heterocycles. The summed E-state index contributed by atoms with van der Waals surface area (Å²) in [6.07, 6.45) is 4.74. The Morgan fingerprint density at radius 2 is 1.72 bits per heavy atom.